The number of hydrogen-bond acceptors (Lipinski definition) is 8. The van der Waals surface area contributed by atoms with Crippen LogP contribution in [0.2, 0.25) is 0 Å². The van der Waals surface area contributed by atoms with Crippen LogP contribution in [-0.4, -0.2) is 54.0 Å². The van der Waals surface area contributed by atoms with E-state index in [-0.39, 0.29) is 5.82 Å². The van der Waals surface area contributed by atoms with Crippen molar-refractivity contribution in [1.29, 1.82) is 0 Å². The lowest BCUT2D eigenvalue weighted by molar-refractivity contribution is -0.0946. The average Bonchev–Trinajstić information content (AvgIpc) is 2.64. The monoisotopic (exact) mass is 296 g/mol. The molecule has 1 aliphatic rings. The lowest BCUT2D eigenvalue weighted by atomic mass is 9.93. The Morgan fingerprint density at radius 1 is 1.62 bits per heavy atom. The van der Waals surface area contributed by atoms with Gasteiger partial charge in [-0.05, 0) is 13.8 Å². The Balaban J connectivity index is 2.54. The Hall–Kier alpha value is -1.99. The van der Waals surface area contributed by atoms with Gasteiger partial charge in [0.1, 0.15) is 18.0 Å². The lowest BCUT2D eigenvalue weighted by Crippen LogP contribution is -2.49. The number of aliphatic hydroxyl groups excluding tert-OH is 2. The van der Waals surface area contributed by atoms with Gasteiger partial charge in [0.2, 0.25) is 5.60 Å². The first-order chi connectivity index (χ1) is 9.81. The van der Waals surface area contributed by atoms with Crippen molar-refractivity contribution in [1.82, 2.24) is 14.8 Å². The van der Waals surface area contributed by atoms with Gasteiger partial charge in [-0.3, -0.25) is 0 Å². The van der Waals surface area contributed by atoms with Gasteiger partial charge in [-0.2, -0.15) is 14.8 Å². The van der Waals surface area contributed by atoms with Gasteiger partial charge in [0, 0.05) is 0 Å². The molecule has 2 unspecified atom stereocenters. The summed E-state index contributed by atoms with van der Waals surface area (Å²) in [6.07, 6.45) is -4.06. The molecule has 2 heterocycles. The summed E-state index contributed by atoms with van der Waals surface area (Å²) < 4.78 is 6.11. The number of nitrogen functional groups attached to an aromatic ring is 1. The largest absolute Gasteiger partial charge is 0.391 e. The van der Waals surface area contributed by atoms with Crippen molar-refractivity contribution >= 4 is 5.82 Å². The van der Waals surface area contributed by atoms with E-state index in [4.69, 9.17) is 10.5 Å². The van der Waals surface area contributed by atoms with Crippen molar-refractivity contribution in [3.8, 4) is 11.8 Å². The third-order valence-corrected chi connectivity index (χ3v) is 3.18. The Labute approximate surface area is 120 Å². The molecular formula is C12H16N4O5. The second-order valence-electron chi connectivity index (χ2n) is 4.75. The summed E-state index contributed by atoms with van der Waals surface area (Å²) in [4.78, 5) is 15.3. The molecule has 114 valence electrons. The Morgan fingerprint density at radius 3 is 2.81 bits per heavy atom. The minimum Gasteiger partial charge on any atom is -0.391 e. The highest BCUT2D eigenvalue weighted by Crippen LogP contribution is 2.38. The second-order valence-corrected chi connectivity index (χ2v) is 4.75. The number of ether oxygens (including phenoxy) is 1. The maximum Gasteiger partial charge on any atom is 0.368 e. The van der Waals surface area contributed by atoms with E-state index in [0.29, 0.717) is 0 Å². The fourth-order valence-electron chi connectivity index (χ4n) is 2.20. The highest BCUT2D eigenvalue weighted by Gasteiger charge is 2.57. The van der Waals surface area contributed by atoms with Gasteiger partial charge in [0.15, 0.2) is 6.23 Å². The number of aromatic nitrogens is 3. The van der Waals surface area contributed by atoms with Crippen molar-refractivity contribution in [3.63, 3.8) is 0 Å². The van der Waals surface area contributed by atoms with E-state index >= 15 is 0 Å². The number of rotatable bonds is 2. The summed E-state index contributed by atoms with van der Waals surface area (Å²) in [6.45, 7) is 2.84. The maximum atomic E-state index is 11.8. The summed E-state index contributed by atoms with van der Waals surface area (Å²) in [5, 5.41) is 34.1. The highest BCUT2D eigenvalue weighted by molar-refractivity contribution is 5.23. The molecule has 0 spiro atoms. The van der Waals surface area contributed by atoms with E-state index in [9.17, 15) is 20.1 Å². The zero-order chi connectivity index (χ0) is 15.8. The third-order valence-electron chi connectivity index (χ3n) is 3.18. The van der Waals surface area contributed by atoms with Gasteiger partial charge in [-0.15, -0.1) is 5.92 Å². The van der Waals surface area contributed by atoms with Gasteiger partial charge in [0.05, 0.1) is 12.3 Å². The first kappa shape index (κ1) is 15.4. The van der Waals surface area contributed by atoms with Crippen LogP contribution in [-0.2, 0) is 4.74 Å². The fourth-order valence-corrected chi connectivity index (χ4v) is 2.20. The molecule has 1 aliphatic heterocycles. The molecule has 9 heteroatoms. The normalized spacial score (nSPS) is 33.3. The van der Waals surface area contributed by atoms with Crippen LogP contribution in [0.4, 0.5) is 5.82 Å². The summed E-state index contributed by atoms with van der Waals surface area (Å²) in [5.41, 5.74) is 2.38. The summed E-state index contributed by atoms with van der Waals surface area (Å²) in [5.74, 6) is 4.78. The highest BCUT2D eigenvalue weighted by atomic mass is 16.6. The maximum absolute atomic E-state index is 11.8. The Kier molecular flexibility index (Phi) is 3.97. The number of anilines is 1. The molecule has 1 fully saturated rings. The molecule has 0 radical (unpaired) electrons. The van der Waals surface area contributed by atoms with Crippen LogP contribution >= 0.6 is 0 Å². The molecule has 1 aromatic rings. The van der Waals surface area contributed by atoms with Crippen molar-refractivity contribution in [2.75, 3.05) is 5.73 Å². The Morgan fingerprint density at radius 2 is 2.29 bits per heavy atom. The molecule has 1 saturated heterocycles. The van der Waals surface area contributed by atoms with E-state index in [0.717, 1.165) is 10.9 Å². The molecule has 2 rings (SSSR count). The molecule has 5 atom stereocenters. The molecule has 5 N–H and O–H groups in total. The topological polar surface area (TPSA) is 144 Å². The smallest absolute Gasteiger partial charge is 0.368 e. The average molecular weight is 296 g/mol. The SMILES string of the molecule is CC#CC1(O)C(O)[C@@H]([C@H](C)O)O[C@H]1n1ncc(N)nc1=O. The first-order valence-electron chi connectivity index (χ1n) is 6.20. The van der Waals surface area contributed by atoms with Gasteiger partial charge < -0.3 is 25.8 Å². The van der Waals surface area contributed by atoms with Crippen molar-refractivity contribution < 1.29 is 20.1 Å². The first-order valence-corrected chi connectivity index (χ1v) is 6.20. The van der Waals surface area contributed by atoms with Crippen LogP contribution in [0, 0.1) is 11.8 Å². The fraction of sp³-hybridized carbons (Fsp3) is 0.583. The van der Waals surface area contributed by atoms with Crippen molar-refractivity contribution in [2.45, 2.75) is 44.0 Å². The molecule has 0 saturated carbocycles. The number of hydrogen-bond donors (Lipinski definition) is 4. The number of aliphatic hydroxyl groups is 3. The van der Waals surface area contributed by atoms with Gasteiger partial charge in [-0.25, -0.2) is 4.79 Å². The van der Waals surface area contributed by atoms with E-state index in [1.165, 1.54) is 13.8 Å². The lowest BCUT2D eigenvalue weighted by Gasteiger charge is -2.25. The molecule has 0 bridgehead atoms. The van der Waals surface area contributed by atoms with Gasteiger partial charge in [-0.1, -0.05) is 5.92 Å². The molecular weight excluding hydrogens is 280 g/mol. The third kappa shape index (κ3) is 2.50. The van der Waals surface area contributed by atoms with Gasteiger partial charge in [0.25, 0.3) is 0 Å². The van der Waals surface area contributed by atoms with Crippen LogP contribution in [0.25, 0.3) is 0 Å². The van der Waals surface area contributed by atoms with Crippen LogP contribution in [0.1, 0.15) is 20.1 Å². The minimum atomic E-state index is -2.11. The minimum absolute atomic E-state index is 0.0908. The number of nitrogens with two attached hydrogens (primary N) is 1. The van der Waals surface area contributed by atoms with Crippen LogP contribution < -0.4 is 11.4 Å². The summed E-state index contributed by atoms with van der Waals surface area (Å²) >= 11 is 0. The van der Waals surface area contributed by atoms with Crippen molar-refractivity contribution in [3.05, 3.63) is 16.7 Å². The van der Waals surface area contributed by atoms with Crippen LogP contribution in [0.5, 0.6) is 0 Å². The van der Waals surface area contributed by atoms with E-state index in [2.05, 4.69) is 21.9 Å². The number of nitrogens with zero attached hydrogens (tertiary/aromatic N) is 3. The molecule has 0 amide bonds. The summed E-state index contributed by atoms with van der Waals surface area (Å²) in [7, 11) is 0. The molecule has 1 aromatic heterocycles. The predicted molar refractivity (Wildman–Crippen MR) is 70.7 cm³/mol. The second kappa shape index (κ2) is 5.42. The zero-order valence-corrected chi connectivity index (χ0v) is 11.5. The molecule has 21 heavy (non-hydrogen) atoms. The van der Waals surface area contributed by atoms with Crippen molar-refractivity contribution in [2.24, 2.45) is 0 Å². The Bertz CT molecular complexity index is 649. The molecule has 0 aliphatic carbocycles. The molecule has 9 nitrogen and oxygen atoms in total. The van der Waals surface area contributed by atoms with E-state index in [1.54, 1.807) is 0 Å². The standard InChI is InChI=1S/C12H16N4O5/c1-3-4-12(20)9(18)8(6(2)17)21-10(12)16-11(19)15-7(13)5-14-16/h5-6,8-10,17-18,20H,1-2H3,(H2,13,15,19)/t6-,8+,9?,10+,12?/m0/s1. The van der Waals surface area contributed by atoms with E-state index in [1.807, 2.05) is 0 Å². The predicted octanol–water partition coefficient (Wildman–Crippen LogP) is -2.39. The van der Waals surface area contributed by atoms with Crippen LogP contribution in [0.15, 0.2) is 11.0 Å². The summed E-state index contributed by atoms with van der Waals surface area (Å²) in [6, 6.07) is 0. The quantitative estimate of drug-likeness (QED) is 0.443. The van der Waals surface area contributed by atoms with Gasteiger partial charge >= 0.3 is 5.69 Å². The van der Waals surface area contributed by atoms with E-state index < -0.39 is 35.8 Å². The molecule has 0 aromatic carbocycles. The zero-order valence-electron chi connectivity index (χ0n) is 11.5. The van der Waals surface area contributed by atoms with Crippen LogP contribution in [0.3, 0.4) is 0 Å².